The van der Waals surface area contributed by atoms with E-state index in [4.69, 9.17) is 5.11 Å². The van der Waals surface area contributed by atoms with Gasteiger partial charge in [-0.3, -0.25) is 4.79 Å². The molecule has 0 aliphatic carbocycles. The van der Waals surface area contributed by atoms with Gasteiger partial charge in [0.2, 0.25) is 5.91 Å². The number of carbonyl (C=O) groups excluding carboxylic acids is 1. The maximum absolute atomic E-state index is 11.9. The van der Waals surface area contributed by atoms with Crippen molar-refractivity contribution in [3.05, 3.63) is 23.3 Å². The van der Waals surface area contributed by atoms with Crippen LogP contribution in [0.15, 0.2) is 22.9 Å². The Balaban J connectivity index is 1.95. The molecule has 2 N–H and O–H groups in total. The van der Waals surface area contributed by atoms with Crippen LogP contribution in [0, 0.1) is 0 Å². The highest BCUT2D eigenvalue weighted by molar-refractivity contribution is 7.99. The van der Waals surface area contributed by atoms with Gasteiger partial charge in [0.05, 0.1) is 11.3 Å². The van der Waals surface area contributed by atoms with Crippen LogP contribution in [0.2, 0.25) is 0 Å². The monoisotopic (exact) mass is 326 g/mol. The molecule has 0 radical (unpaired) electrons. The molecule has 0 aliphatic heterocycles. The first-order valence-electron chi connectivity index (χ1n) is 6.12. The molecule has 9 heteroatoms. The number of amides is 1. The van der Waals surface area contributed by atoms with E-state index in [1.54, 1.807) is 11.7 Å². The molecular formula is C12H14N4O3S2. The van der Waals surface area contributed by atoms with Crippen LogP contribution in [0.25, 0.3) is 0 Å². The number of thioether (sulfide) groups is 1. The fraction of sp³-hybridized carbons (Fsp3) is 0.333. The quantitative estimate of drug-likeness (QED) is 0.791. The number of hydrogen-bond donors (Lipinski definition) is 2. The minimum atomic E-state index is -1.06. The zero-order chi connectivity index (χ0) is 15.4. The predicted molar refractivity (Wildman–Crippen MR) is 81.0 cm³/mol. The number of nitrogens with one attached hydrogen (secondary N) is 1. The van der Waals surface area contributed by atoms with Crippen molar-refractivity contribution < 1.29 is 14.7 Å². The standard InChI is InChI=1S/C12H14N4O3S2/c1-7(2)16-6-13-15-12(16)21-5-9(17)14-10-8(11(18)19)3-4-20-10/h3-4,6-7H,5H2,1-2H3,(H,14,17)(H,18,19). The van der Waals surface area contributed by atoms with E-state index < -0.39 is 5.97 Å². The van der Waals surface area contributed by atoms with E-state index in [-0.39, 0.29) is 23.3 Å². The van der Waals surface area contributed by atoms with Crippen molar-refractivity contribution in [3.63, 3.8) is 0 Å². The van der Waals surface area contributed by atoms with E-state index >= 15 is 0 Å². The summed E-state index contributed by atoms with van der Waals surface area (Å²) in [5.41, 5.74) is 0.101. The van der Waals surface area contributed by atoms with Gasteiger partial charge >= 0.3 is 5.97 Å². The van der Waals surface area contributed by atoms with Crippen LogP contribution in [0.5, 0.6) is 0 Å². The first-order chi connectivity index (χ1) is 9.99. The first kappa shape index (κ1) is 15.5. The second kappa shape index (κ2) is 6.72. The molecule has 1 amide bonds. The number of thiophene rings is 1. The topological polar surface area (TPSA) is 97.1 Å². The Morgan fingerprint density at radius 2 is 2.29 bits per heavy atom. The molecule has 0 aromatic carbocycles. The Morgan fingerprint density at radius 1 is 1.52 bits per heavy atom. The highest BCUT2D eigenvalue weighted by atomic mass is 32.2. The maximum atomic E-state index is 11.9. The number of aromatic nitrogens is 3. The smallest absolute Gasteiger partial charge is 0.338 e. The van der Waals surface area contributed by atoms with E-state index in [1.165, 1.54) is 29.2 Å². The number of rotatable bonds is 6. The lowest BCUT2D eigenvalue weighted by Gasteiger charge is -2.09. The average Bonchev–Trinajstić information content (AvgIpc) is 3.04. The van der Waals surface area contributed by atoms with Crippen molar-refractivity contribution in [2.75, 3.05) is 11.1 Å². The molecule has 0 saturated heterocycles. The van der Waals surface area contributed by atoms with E-state index in [0.29, 0.717) is 10.2 Å². The second-order valence-electron chi connectivity index (χ2n) is 4.42. The summed E-state index contributed by atoms with van der Waals surface area (Å²) in [5.74, 6) is -1.19. The average molecular weight is 326 g/mol. The van der Waals surface area contributed by atoms with Crippen LogP contribution >= 0.6 is 23.1 Å². The molecular weight excluding hydrogens is 312 g/mol. The van der Waals surface area contributed by atoms with Gasteiger partial charge in [0.1, 0.15) is 11.3 Å². The van der Waals surface area contributed by atoms with E-state index in [9.17, 15) is 9.59 Å². The molecule has 0 atom stereocenters. The molecule has 0 unspecified atom stereocenters. The fourth-order valence-corrected chi connectivity index (χ4v) is 3.20. The molecule has 0 spiro atoms. The minimum absolute atomic E-state index is 0.101. The molecule has 0 aliphatic rings. The largest absolute Gasteiger partial charge is 0.478 e. The lowest BCUT2D eigenvalue weighted by atomic mass is 10.3. The van der Waals surface area contributed by atoms with Crippen molar-refractivity contribution in [3.8, 4) is 0 Å². The Labute approximate surface area is 129 Å². The lowest BCUT2D eigenvalue weighted by Crippen LogP contribution is -2.15. The summed E-state index contributed by atoms with van der Waals surface area (Å²) in [4.78, 5) is 22.8. The number of carbonyl (C=O) groups is 2. The zero-order valence-electron chi connectivity index (χ0n) is 11.4. The SMILES string of the molecule is CC(C)n1cnnc1SCC(=O)Nc1sccc1C(=O)O. The van der Waals surface area contributed by atoms with Crippen LogP contribution < -0.4 is 5.32 Å². The fourth-order valence-electron chi connectivity index (χ4n) is 1.56. The van der Waals surface area contributed by atoms with Gasteiger partial charge in [0, 0.05) is 6.04 Å². The summed E-state index contributed by atoms with van der Waals surface area (Å²) < 4.78 is 1.87. The van der Waals surface area contributed by atoms with Gasteiger partial charge in [-0.05, 0) is 25.3 Å². The second-order valence-corrected chi connectivity index (χ2v) is 6.28. The van der Waals surface area contributed by atoms with Gasteiger partial charge in [-0.25, -0.2) is 4.79 Å². The number of nitrogens with zero attached hydrogens (tertiary/aromatic N) is 3. The van der Waals surface area contributed by atoms with Crippen LogP contribution in [0.1, 0.15) is 30.2 Å². The molecule has 2 rings (SSSR count). The van der Waals surface area contributed by atoms with Gasteiger partial charge in [-0.15, -0.1) is 21.5 Å². The summed E-state index contributed by atoms with van der Waals surface area (Å²) in [6.07, 6.45) is 1.62. The van der Waals surface area contributed by atoms with E-state index in [2.05, 4.69) is 15.5 Å². The molecule has 2 aromatic heterocycles. The third-order valence-corrected chi connectivity index (χ3v) is 4.36. The van der Waals surface area contributed by atoms with Crippen molar-refractivity contribution >= 4 is 40.0 Å². The number of aromatic carboxylic acids is 1. The van der Waals surface area contributed by atoms with Gasteiger partial charge < -0.3 is 15.0 Å². The predicted octanol–water partition coefficient (Wildman–Crippen LogP) is 2.35. The number of carboxylic acids is 1. The van der Waals surface area contributed by atoms with Crippen LogP contribution in [0.3, 0.4) is 0 Å². The molecule has 7 nitrogen and oxygen atoms in total. The molecule has 21 heavy (non-hydrogen) atoms. The Kier molecular flexibility index (Phi) is 4.97. The lowest BCUT2D eigenvalue weighted by molar-refractivity contribution is -0.113. The molecule has 0 bridgehead atoms. The van der Waals surface area contributed by atoms with Gasteiger partial charge in [0.25, 0.3) is 0 Å². The molecule has 2 aromatic rings. The molecule has 0 fully saturated rings. The van der Waals surface area contributed by atoms with Gasteiger partial charge in [-0.2, -0.15) is 0 Å². The van der Waals surface area contributed by atoms with Crippen molar-refractivity contribution in [1.82, 2.24) is 14.8 Å². The summed E-state index contributed by atoms with van der Waals surface area (Å²) in [7, 11) is 0. The third-order valence-electron chi connectivity index (χ3n) is 2.58. The molecule has 0 saturated carbocycles. The van der Waals surface area contributed by atoms with Crippen molar-refractivity contribution in [1.29, 1.82) is 0 Å². The van der Waals surface area contributed by atoms with Gasteiger partial charge in [0.15, 0.2) is 5.16 Å². The summed E-state index contributed by atoms with van der Waals surface area (Å²) >= 11 is 2.44. The number of carboxylic acid groups (broad SMARTS) is 1. The number of hydrogen-bond acceptors (Lipinski definition) is 6. The Morgan fingerprint density at radius 3 is 2.95 bits per heavy atom. The molecule has 2 heterocycles. The summed E-state index contributed by atoms with van der Waals surface area (Å²) in [6.45, 7) is 4.00. The summed E-state index contributed by atoms with van der Waals surface area (Å²) in [5, 5.41) is 22.0. The Bertz CT molecular complexity index is 650. The van der Waals surface area contributed by atoms with Crippen LogP contribution in [0.4, 0.5) is 5.00 Å². The van der Waals surface area contributed by atoms with Crippen molar-refractivity contribution in [2.45, 2.75) is 25.0 Å². The number of anilines is 1. The van der Waals surface area contributed by atoms with Crippen molar-refractivity contribution in [2.24, 2.45) is 0 Å². The molecule has 112 valence electrons. The summed E-state index contributed by atoms with van der Waals surface area (Å²) in [6, 6.07) is 1.67. The van der Waals surface area contributed by atoms with E-state index in [1.807, 2.05) is 18.4 Å². The highest BCUT2D eigenvalue weighted by Crippen LogP contribution is 2.24. The van der Waals surface area contributed by atoms with E-state index in [0.717, 1.165) is 0 Å². The van der Waals surface area contributed by atoms with Crippen LogP contribution in [-0.2, 0) is 4.79 Å². The minimum Gasteiger partial charge on any atom is -0.478 e. The normalized spacial score (nSPS) is 10.8. The Hall–Kier alpha value is -1.87. The zero-order valence-corrected chi connectivity index (χ0v) is 13.1. The van der Waals surface area contributed by atoms with Gasteiger partial charge in [-0.1, -0.05) is 11.8 Å². The maximum Gasteiger partial charge on any atom is 0.338 e. The first-order valence-corrected chi connectivity index (χ1v) is 7.98. The van der Waals surface area contributed by atoms with Crippen LogP contribution in [-0.4, -0.2) is 37.5 Å². The third kappa shape index (κ3) is 3.82. The highest BCUT2D eigenvalue weighted by Gasteiger charge is 2.15.